The Bertz CT molecular complexity index is 841. The van der Waals surface area contributed by atoms with Gasteiger partial charge in [0.25, 0.3) is 0 Å². The second-order valence-electron chi connectivity index (χ2n) is 5.85. The largest absolute Gasteiger partial charge is 0.316 e. The highest BCUT2D eigenvalue weighted by molar-refractivity contribution is 7.92. The zero-order valence-electron chi connectivity index (χ0n) is 12.8. The zero-order chi connectivity index (χ0) is 16.5. The van der Waals surface area contributed by atoms with Crippen LogP contribution in [0.15, 0.2) is 31.0 Å². The maximum absolute atomic E-state index is 13.5. The molecule has 1 N–H and O–H groups in total. The predicted molar refractivity (Wildman–Crippen MR) is 88.8 cm³/mol. The van der Waals surface area contributed by atoms with Crippen molar-refractivity contribution >= 4 is 23.4 Å². The van der Waals surface area contributed by atoms with Crippen LogP contribution in [0.2, 0.25) is 0 Å². The highest BCUT2D eigenvalue weighted by Gasteiger charge is 2.27. The Morgan fingerprint density at radius 3 is 3.08 bits per heavy atom. The summed E-state index contributed by atoms with van der Waals surface area (Å²) in [6.07, 6.45) is 7.43. The molecule has 2 atom stereocenters. The van der Waals surface area contributed by atoms with E-state index in [0.29, 0.717) is 11.3 Å². The summed E-state index contributed by atoms with van der Waals surface area (Å²) >= 11 is 0.0884. The standard InChI is InChI=1S/C15H16F2N6S/c16-5-13(10-1-3-18-6-10)22-8-11(7-21-22)14-12-2-4-23(24-17)15(12)20-9-19-14/h2,4,7-10,13,18H,1,3,5-6H2. The minimum atomic E-state index is -0.457. The van der Waals surface area contributed by atoms with Crippen molar-refractivity contribution in [2.24, 2.45) is 5.92 Å². The average molecular weight is 350 g/mol. The number of halogens is 2. The van der Waals surface area contributed by atoms with Crippen LogP contribution in [0.4, 0.5) is 8.28 Å². The van der Waals surface area contributed by atoms with Crippen molar-refractivity contribution in [3.05, 3.63) is 31.0 Å². The SMILES string of the molecule is FCC(C1CCNC1)n1cc(-c2ncnc3c2ccn3SF)cn1. The highest BCUT2D eigenvalue weighted by atomic mass is 32.2. The Kier molecular flexibility index (Phi) is 4.19. The molecule has 3 aromatic rings. The summed E-state index contributed by atoms with van der Waals surface area (Å²) in [4.78, 5) is 8.42. The molecule has 0 spiro atoms. The van der Waals surface area contributed by atoms with Gasteiger partial charge in [0.2, 0.25) is 0 Å². The number of hydrogen-bond donors (Lipinski definition) is 1. The van der Waals surface area contributed by atoms with Gasteiger partial charge in [-0.3, -0.25) is 4.68 Å². The van der Waals surface area contributed by atoms with Gasteiger partial charge in [-0.2, -0.15) is 5.10 Å². The molecule has 0 aliphatic carbocycles. The predicted octanol–water partition coefficient (Wildman–Crippen LogP) is 2.80. The van der Waals surface area contributed by atoms with E-state index >= 15 is 0 Å². The summed E-state index contributed by atoms with van der Waals surface area (Å²) in [5.41, 5.74) is 1.94. The molecule has 0 aromatic carbocycles. The van der Waals surface area contributed by atoms with Gasteiger partial charge in [0.1, 0.15) is 13.0 Å². The molecule has 3 aromatic heterocycles. The molecule has 1 saturated heterocycles. The van der Waals surface area contributed by atoms with E-state index < -0.39 is 6.67 Å². The molecule has 4 heterocycles. The van der Waals surface area contributed by atoms with Gasteiger partial charge in [-0.05, 0) is 24.9 Å². The minimum absolute atomic E-state index is 0.0884. The second-order valence-corrected chi connectivity index (χ2v) is 6.39. The molecule has 2 unspecified atom stereocenters. The molecule has 0 amide bonds. The normalized spacial score (nSPS) is 19.2. The third-order valence-corrected chi connectivity index (χ3v) is 4.98. The molecular weight excluding hydrogens is 334 g/mol. The Morgan fingerprint density at radius 1 is 1.42 bits per heavy atom. The van der Waals surface area contributed by atoms with Gasteiger partial charge < -0.3 is 5.32 Å². The Morgan fingerprint density at radius 2 is 2.33 bits per heavy atom. The number of rotatable bonds is 5. The minimum Gasteiger partial charge on any atom is -0.316 e. The van der Waals surface area contributed by atoms with Gasteiger partial charge in [-0.25, -0.2) is 18.3 Å². The first-order valence-electron chi connectivity index (χ1n) is 7.74. The fourth-order valence-corrected chi connectivity index (χ4v) is 3.59. The van der Waals surface area contributed by atoms with Crippen LogP contribution >= 0.6 is 12.3 Å². The van der Waals surface area contributed by atoms with Gasteiger partial charge in [-0.15, -0.1) is 3.89 Å². The van der Waals surface area contributed by atoms with Crippen LogP contribution in [0.3, 0.4) is 0 Å². The molecule has 1 fully saturated rings. The van der Waals surface area contributed by atoms with Crippen LogP contribution in [0.25, 0.3) is 22.3 Å². The van der Waals surface area contributed by atoms with Crippen molar-refractivity contribution in [3.8, 4) is 11.3 Å². The van der Waals surface area contributed by atoms with Crippen molar-refractivity contribution < 1.29 is 8.28 Å². The van der Waals surface area contributed by atoms with Gasteiger partial charge in [0.15, 0.2) is 18.0 Å². The molecule has 1 aliphatic heterocycles. The van der Waals surface area contributed by atoms with Crippen molar-refractivity contribution in [2.45, 2.75) is 12.5 Å². The molecule has 0 saturated carbocycles. The monoisotopic (exact) mass is 350 g/mol. The van der Waals surface area contributed by atoms with Gasteiger partial charge >= 0.3 is 0 Å². The topological polar surface area (TPSA) is 60.6 Å². The quantitative estimate of drug-likeness (QED) is 0.767. The molecule has 0 bridgehead atoms. The Hall–Kier alpha value is -2.00. The van der Waals surface area contributed by atoms with Crippen molar-refractivity contribution in [2.75, 3.05) is 19.8 Å². The summed E-state index contributed by atoms with van der Waals surface area (Å²) in [7, 11) is 0. The first-order chi connectivity index (χ1) is 11.8. The van der Waals surface area contributed by atoms with Gasteiger partial charge in [0, 0.05) is 29.9 Å². The number of hydrogen-bond acceptors (Lipinski definition) is 5. The van der Waals surface area contributed by atoms with E-state index in [0.717, 1.165) is 30.5 Å². The average Bonchev–Trinajstić information content (AvgIpc) is 3.36. The summed E-state index contributed by atoms with van der Waals surface area (Å²) in [6, 6.07) is 1.49. The van der Waals surface area contributed by atoms with Crippen LogP contribution in [-0.4, -0.2) is 43.5 Å². The summed E-state index contributed by atoms with van der Waals surface area (Å²) in [5, 5.41) is 8.34. The van der Waals surface area contributed by atoms with Gasteiger partial charge in [-0.1, -0.05) is 0 Å². The van der Waals surface area contributed by atoms with Crippen LogP contribution < -0.4 is 5.32 Å². The first kappa shape index (κ1) is 15.5. The fraction of sp³-hybridized carbons (Fsp3) is 0.400. The number of fused-ring (bicyclic) bond motifs is 1. The Balaban J connectivity index is 1.71. The van der Waals surface area contributed by atoms with E-state index in [1.54, 1.807) is 23.1 Å². The van der Waals surface area contributed by atoms with Crippen LogP contribution in [0.1, 0.15) is 12.5 Å². The lowest BCUT2D eigenvalue weighted by Gasteiger charge is -2.20. The van der Waals surface area contributed by atoms with E-state index in [1.807, 2.05) is 6.20 Å². The molecule has 9 heteroatoms. The second kappa shape index (κ2) is 6.48. The van der Waals surface area contributed by atoms with E-state index in [9.17, 15) is 8.28 Å². The van der Waals surface area contributed by atoms with Crippen LogP contribution in [0.5, 0.6) is 0 Å². The molecule has 4 rings (SSSR count). The third kappa shape index (κ3) is 2.57. The lowest BCUT2D eigenvalue weighted by Crippen LogP contribution is -2.23. The number of alkyl halides is 1. The molecule has 24 heavy (non-hydrogen) atoms. The fourth-order valence-electron chi connectivity index (χ4n) is 3.27. The summed E-state index contributed by atoms with van der Waals surface area (Å²) in [6.45, 7) is 1.26. The number of aromatic nitrogens is 5. The number of nitrogens with zero attached hydrogens (tertiary/aromatic N) is 5. The maximum atomic E-state index is 13.5. The molecule has 126 valence electrons. The molecule has 1 aliphatic rings. The summed E-state index contributed by atoms with van der Waals surface area (Å²) in [5.74, 6) is 0.234. The van der Waals surface area contributed by atoms with E-state index in [-0.39, 0.29) is 24.3 Å². The van der Waals surface area contributed by atoms with E-state index in [1.165, 1.54) is 10.3 Å². The molecule has 0 radical (unpaired) electrons. The third-order valence-electron chi connectivity index (χ3n) is 4.54. The van der Waals surface area contributed by atoms with E-state index in [2.05, 4.69) is 20.4 Å². The molecule has 6 nitrogen and oxygen atoms in total. The van der Waals surface area contributed by atoms with Crippen molar-refractivity contribution in [1.29, 1.82) is 0 Å². The Labute approximate surface area is 141 Å². The highest BCUT2D eigenvalue weighted by Crippen LogP contribution is 2.30. The maximum Gasteiger partial charge on any atom is 0.171 e. The lowest BCUT2D eigenvalue weighted by molar-refractivity contribution is 0.255. The smallest absolute Gasteiger partial charge is 0.171 e. The van der Waals surface area contributed by atoms with E-state index in [4.69, 9.17) is 0 Å². The van der Waals surface area contributed by atoms with Crippen molar-refractivity contribution in [1.82, 2.24) is 29.0 Å². The molecular formula is C15H16F2N6S. The van der Waals surface area contributed by atoms with Gasteiger partial charge in [0.05, 0.1) is 17.9 Å². The number of nitrogens with one attached hydrogen (secondary N) is 1. The van der Waals surface area contributed by atoms with Crippen molar-refractivity contribution in [3.63, 3.8) is 0 Å². The van der Waals surface area contributed by atoms with Crippen LogP contribution in [0, 0.1) is 5.92 Å². The summed E-state index contributed by atoms with van der Waals surface area (Å²) < 4.78 is 29.5. The zero-order valence-corrected chi connectivity index (χ0v) is 13.6. The first-order valence-corrected chi connectivity index (χ1v) is 8.41. The van der Waals surface area contributed by atoms with Crippen LogP contribution in [-0.2, 0) is 0 Å². The lowest BCUT2D eigenvalue weighted by atomic mass is 10.0.